The van der Waals surface area contributed by atoms with Gasteiger partial charge in [-0.2, -0.15) is 0 Å². The Labute approximate surface area is 102 Å². The fraction of sp³-hybridized carbons (Fsp3) is 0.462. The number of anilines is 2. The molecular weight excluding hydrogens is 214 g/mol. The van der Waals surface area contributed by atoms with E-state index in [1.54, 1.807) is 0 Å². The lowest BCUT2D eigenvalue weighted by Crippen LogP contribution is -2.30. The molecule has 0 atom stereocenters. The molecule has 0 bridgehead atoms. The summed E-state index contributed by atoms with van der Waals surface area (Å²) in [6.45, 7) is 6.61. The number of hydrogen-bond donors (Lipinski definition) is 3. The smallest absolute Gasteiger partial charge is 0.253 e. The van der Waals surface area contributed by atoms with Gasteiger partial charge in [0.2, 0.25) is 0 Å². The van der Waals surface area contributed by atoms with Crippen molar-refractivity contribution >= 4 is 17.3 Å². The summed E-state index contributed by atoms with van der Waals surface area (Å²) in [6, 6.07) is 5.75. The van der Waals surface area contributed by atoms with Gasteiger partial charge in [0.25, 0.3) is 5.91 Å². The Bertz CT molecular complexity index is 415. The number of benzene rings is 1. The number of para-hydroxylation sites is 1. The molecule has 2 rings (SSSR count). The second-order valence-electron chi connectivity index (χ2n) is 4.69. The van der Waals surface area contributed by atoms with Crippen molar-refractivity contribution in [2.75, 3.05) is 30.3 Å². The predicted molar refractivity (Wildman–Crippen MR) is 70.6 cm³/mol. The zero-order chi connectivity index (χ0) is 12.3. The Hall–Kier alpha value is -1.71. The molecule has 0 radical (unpaired) electrons. The van der Waals surface area contributed by atoms with Crippen LogP contribution < -0.4 is 16.0 Å². The van der Waals surface area contributed by atoms with Gasteiger partial charge in [-0.15, -0.1) is 0 Å². The fourth-order valence-corrected chi connectivity index (χ4v) is 1.86. The van der Waals surface area contributed by atoms with Crippen molar-refractivity contribution in [3.8, 4) is 0 Å². The molecule has 0 unspecified atom stereocenters. The third kappa shape index (κ3) is 2.70. The van der Waals surface area contributed by atoms with Gasteiger partial charge in [0.1, 0.15) is 0 Å². The highest BCUT2D eigenvalue weighted by Gasteiger charge is 2.16. The third-order valence-corrected chi connectivity index (χ3v) is 2.72. The van der Waals surface area contributed by atoms with E-state index in [9.17, 15) is 4.79 Å². The number of carbonyl (C=O) groups is 1. The molecule has 0 spiro atoms. The van der Waals surface area contributed by atoms with Crippen LogP contribution in [0.2, 0.25) is 0 Å². The van der Waals surface area contributed by atoms with Crippen LogP contribution in [0.3, 0.4) is 0 Å². The van der Waals surface area contributed by atoms with Gasteiger partial charge in [-0.1, -0.05) is 19.9 Å². The molecule has 1 amide bonds. The van der Waals surface area contributed by atoms with Crippen LogP contribution in [-0.4, -0.2) is 25.5 Å². The monoisotopic (exact) mass is 233 g/mol. The molecule has 0 aromatic heterocycles. The Kier molecular flexibility index (Phi) is 3.52. The first-order valence-electron chi connectivity index (χ1n) is 6.07. The molecular formula is C13H19N3O. The molecule has 4 nitrogen and oxygen atoms in total. The van der Waals surface area contributed by atoms with Crippen molar-refractivity contribution in [2.45, 2.75) is 13.8 Å². The number of nitrogens with one attached hydrogen (secondary N) is 3. The highest BCUT2D eigenvalue weighted by atomic mass is 16.1. The van der Waals surface area contributed by atoms with Gasteiger partial charge in [-0.25, -0.2) is 0 Å². The maximum Gasteiger partial charge on any atom is 0.253 e. The highest BCUT2D eigenvalue weighted by Crippen LogP contribution is 2.28. The van der Waals surface area contributed by atoms with E-state index in [1.165, 1.54) is 0 Å². The molecule has 1 aliphatic heterocycles. The van der Waals surface area contributed by atoms with E-state index in [2.05, 4.69) is 29.8 Å². The number of hydrogen-bond acceptors (Lipinski definition) is 3. The third-order valence-electron chi connectivity index (χ3n) is 2.72. The van der Waals surface area contributed by atoms with Crippen LogP contribution in [0.1, 0.15) is 24.2 Å². The van der Waals surface area contributed by atoms with Gasteiger partial charge >= 0.3 is 0 Å². The van der Waals surface area contributed by atoms with E-state index in [0.29, 0.717) is 12.5 Å². The Balaban J connectivity index is 2.17. The van der Waals surface area contributed by atoms with Crippen LogP contribution in [0.4, 0.5) is 11.4 Å². The first-order chi connectivity index (χ1) is 8.18. The maximum absolute atomic E-state index is 12.0. The fourth-order valence-electron chi connectivity index (χ4n) is 1.86. The summed E-state index contributed by atoms with van der Waals surface area (Å²) in [6.07, 6.45) is 0. The van der Waals surface area contributed by atoms with Crippen molar-refractivity contribution in [1.29, 1.82) is 0 Å². The average Bonchev–Trinajstić information content (AvgIpc) is 2.35. The highest BCUT2D eigenvalue weighted by molar-refractivity contribution is 6.02. The maximum atomic E-state index is 12.0. The molecule has 92 valence electrons. The molecule has 3 N–H and O–H groups in total. The largest absolute Gasteiger partial charge is 0.382 e. The predicted octanol–water partition coefficient (Wildman–Crippen LogP) is 1.91. The average molecular weight is 233 g/mol. The molecule has 0 aliphatic carbocycles. The Morgan fingerprint density at radius 2 is 2.12 bits per heavy atom. The summed E-state index contributed by atoms with van der Waals surface area (Å²) < 4.78 is 0. The first kappa shape index (κ1) is 11.8. The van der Waals surface area contributed by atoms with Crippen molar-refractivity contribution in [3.05, 3.63) is 23.8 Å². The summed E-state index contributed by atoms with van der Waals surface area (Å²) >= 11 is 0. The Morgan fingerprint density at radius 3 is 2.88 bits per heavy atom. The minimum Gasteiger partial charge on any atom is -0.382 e. The van der Waals surface area contributed by atoms with Crippen LogP contribution in [-0.2, 0) is 0 Å². The van der Waals surface area contributed by atoms with E-state index >= 15 is 0 Å². The molecule has 0 saturated heterocycles. The van der Waals surface area contributed by atoms with Gasteiger partial charge in [0.05, 0.1) is 16.9 Å². The minimum atomic E-state index is -0.00764. The van der Waals surface area contributed by atoms with Crippen molar-refractivity contribution in [1.82, 2.24) is 5.32 Å². The normalized spacial score (nSPS) is 13.6. The second-order valence-corrected chi connectivity index (χ2v) is 4.69. The zero-order valence-corrected chi connectivity index (χ0v) is 10.3. The van der Waals surface area contributed by atoms with Gasteiger partial charge in [-0.05, 0) is 18.1 Å². The van der Waals surface area contributed by atoms with Crippen molar-refractivity contribution < 1.29 is 4.79 Å². The molecule has 0 saturated carbocycles. The zero-order valence-electron chi connectivity index (χ0n) is 10.3. The topological polar surface area (TPSA) is 53.2 Å². The SMILES string of the molecule is CC(C)CNC(=O)c1cccc2c1NCCN2. The van der Waals surface area contributed by atoms with E-state index < -0.39 is 0 Å². The Morgan fingerprint density at radius 1 is 1.35 bits per heavy atom. The van der Waals surface area contributed by atoms with Gasteiger partial charge in [-0.3, -0.25) is 4.79 Å². The van der Waals surface area contributed by atoms with E-state index in [-0.39, 0.29) is 5.91 Å². The lowest BCUT2D eigenvalue weighted by atomic mass is 10.1. The molecule has 0 fully saturated rings. The van der Waals surface area contributed by atoms with Crippen molar-refractivity contribution in [3.63, 3.8) is 0 Å². The first-order valence-corrected chi connectivity index (χ1v) is 6.07. The van der Waals surface area contributed by atoms with E-state index in [0.717, 1.165) is 30.0 Å². The quantitative estimate of drug-likeness (QED) is 0.747. The molecule has 4 heteroatoms. The summed E-state index contributed by atoms with van der Waals surface area (Å²) in [5, 5.41) is 9.50. The van der Waals surface area contributed by atoms with Gasteiger partial charge in [0.15, 0.2) is 0 Å². The summed E-state index contributed by atoms with van der Waals surface area (Å²) in [5.74, 6) is 0.455. The molecule has 1 heterocycles. The van der Waals surface area contributed by atoms with Crippen LogP contribution in [0.25, 0.3) is 0 Å². The summed E-state index contributed by atoms with van der Waals surface area (Å²) in [4.78, 5) is 12.0. The van der Waals surface area contributed by atoms with Crippen LogP contribution >= 0.6 is 0 Å². The number of rotatable bonds is 3. The van der Waals surface area contributed by atoms with Crippen LogP contribution in [0.15, 0.2) is 18.2 Å². The number of fused-ring (bicyclic) bond motifs is 1. The molecule has 1 aromatic rings. The lowest BCUT2D eigenvalue weighted by molar-refractivity contribution is 0.0950. The van der Waals surface area contributed by atoms with Gasteiger partial charge in [0, 0.05) is 19.6 Å². The molecule has 17 heavy (non-hydrogen) atoms. The van der Waals surface area contributed by atoms with Crippen LogP contribution in [0, 0.1) is 5.92 Å². The lowest BCUT2D eigenvalue weighted by Gasteiger charge is -2.22. The van der Waals surface area contributed by atoms with Gasteiger partial charge < -0.3 is 16.0 Å². The molecule has 1 aromatic carbocycles. The number of amides is 1. The van der Waals surface area contributed by atoms with E-state index in [4.69, 9.17) is 0 Å². The molecule has 1 aliphatic rings. The summed E-state index contributed by atoms with van der Waals surface area (Å²) in [7, 11) is 0. The van der Waals surface area contributed by atoms with Crippen LogP contribution in [0.5, 0.6) is 0 Å². The number of carbonyl (C=O) groups excluding carboxylic acids is 1. The standard InChI is InChI=1S/C13H19N3O/c1-9(2)8-16-13(17)10-4-3-5-11-12(10)15-7-6-14-11/h3-5,9,14-15H,6-8H2,1-2H3,(H,16,17). The van der Waals surface area contributed by atoms with E-state index in [1.807, 2.05) is 18.2 Å². The second kappa shape index (κ2) is 5.08. The van der Waals surface area contributed by atoms with Crippen molar-refractivity contribution in [2.24, 2.45) is 5.92 Å². The minimum absolute atomic E-state index is 0.00764. The summed E-state index contributed by atoms with van der Waals surface area (Å²) in [5.41, 5.74) is 2.64.